The van der Waals surface area contributed by atoms with Gasteiger partial charge in [0.15, 0.2) is 11.5 Å². The van der Waals surface area contributed by atoms with Gasteiger partial charge in [-0.05, 0) is 64.7 Å². The molecule has 0 bridgehead atoms. The lowest BCUT2D eigenvalue weighted by molar-refractivity contribution is -0.144. The normalized spacial score (nSPS) is 15.0. The van der Waals surface area contributed by atoms with E-state index in [1.54, 1.807) is 6.08 Å². The van der Waals surface area contributed by atoms with E-state index in [2.05, 4.69) is 0 Å². The number of carbonyl (C=O) groups is 1. The highest BCUT2D eigenvalue weighted by molar-refractivity contribution is 5.88. The Morgan fingerprint density at radius 2 is 1.58 bits per heavy atom. The van der Waals surface area contributed by atoms with E-state index in [9.17, 15) is 4.79 Å². The van der Waals surface area contributed by atoms with Crippen LogP contribution >= 0.6 is 0 Å². The third-order valence-corrected chi connectivity index (χ3v) is 4.23. The summed E-state index contributed by atoms with van der Waals surface area (Å²) >= 11 is 0. The average Bonchev–Trinajstić information content (AvgIpc) is 2.64. The van der Waals surface area contributed by atoms with Crippen molar-refractivity contribution < 1.29 is 23.7 Å². The fourth-order valence-electron chi connectivity index (χ4n) is 3.10. The van der Waals surface area contributed by atoms with Gasteiger partial charge in [-0.25, -0.2) is 4.79 Å². The first-order valence-corrected chi connectivity index (χ1v) is 9.63. The van der Waals surface area contributed by atoms with Crippen LogP contribution < -0.4 is 14.2 Å². The molecule has 1 aromatic rings. The standard InChI is InChI=1S/C21H30O5/c1-4-23-18-13-14-19(24-5-2)21(25-6-3)17(18)12-15-20(22)26-16-10-8-7-9-11-16/h12-16H,4-11H2,1-3H3. The van der Waals surface area contributed by atoms with Crippen LogP contribution in [0.1, 0.15) is 58.4 Å². The van der Waals surface area contributed by atoms with E-state index in [-0.39, 0.29) is 12.1 Å². The fraction of sp³-hybridized carbons (Fsp3) is 0.571. The summed E-state index contributed by atoms with van der Waals surface area (Å²) in [6.45, 7) is 7.29. The number of ether oxygens (including phenoxy) is 4. The van der Waals surface area contributed by atoms with Crippen molar-refractivity contribution in [3.8, 4) is 17.2 Å². The summed E-state index contributed by atoms with van der Waals surface area (Å²) in [4.78, 5) is 12.2. The summed E-state index contributed by atoms with van der Waals surface area (Å²) in [5.74, 6) is 1.55. The molecule has 0 amide bonds. The molecule has 26 heavy (non-hydrogen) atoms. The van der Waals surface area contributed by atoms with Crippen LogP contribution in [0.2, 0.25) is 0 Å². The second kappa shape index (κ2) is 10.7. The molecule has 0 N–H and O–H groups in total. The molecule has 0 radical (unpaired) electrons. The van der Waals surface area contributed by atoms with Gasteiger partial charge in [-0.2, -0.15) is 0 Å². The molecule has 5 heteroatoms. The van der Waals surface area contributed by atoms with E-state index in [0.29, 0.717) is 42.6 Å². The van der Waals surface area contributed by atoms with Crippen LogP contribution in [0.4, 0.5) is 0 Å². The zero-order valence-electron chi connectivity index (χ0n) is 16.1. The Morgan fingerprint density at radius 1 is 0.962 bits per heavy atom. The van der Waals surface area contributed by atoms with Gasteiger partial charge in [0.1, 0.15) is 11.9 Å². The van der Waals surface area contributed by atoms with Gasteiger partial charge in [0, 0.05) is 6.08 Å². The van der Waals surface area contributed by atoms with Crippen molar-refractivity contribution in [2.24, 2.45) is 0 Å². The Hall–Kier alpha value is -2.17. The molecule has 0 aromatic heterocycles. The Labute approximate surface area is 156 Å². The Kier molecular flexibility index (Phi) is 8.32. The van der Waals surface area contributed by atoms with Crippen molar-refractivity contribution in [2.75, 3.05) is 19.8 Å². The van der Waals surface area contributed by atoms with E-state index in [1.807, 2.05) is 32.9 Å². The summed E-state index contributed by atoms with van der Waals surface area (Å²) in [5.41, 5.74) is 0.695. The predicted molar refractivity (Wildman–Crippen MR) is 102 cm³/mol. The average molecular weight is 362 g/mol. The van der Waals surface area contributed by atoms with Gasteiger partial charge in [0.2, 0.25) is 0 Å². The van der Waals surface area contributed by atoms with Gasteiger partial charge in [-0.15, -0.1) is 0 Å². The smallest absolute Gasteiger partial charge is 0.331 e. The summed E-state index contributed by atoms with van der Waals surface area (Å²) in [6.07, 6.45) is 8.56. The molecule has 1 aliphatic rings. The van der Waals surface area contributed by atoms with E-state index in [1.165, 1.54) is 12.5 Å². The van der Waals surface area contributed by atoms with E-state index in [0.717, 1.165) is 25.7 Å². The van der Waals surface area contributed by atoms with Crippen LogP contribution in [0.3, 0.4) is 0 Å². The van der Waals surface area contributed by atoms with Gasteiger partial charge < -0.3 is 18.9 Å². The molecule has 1 aromatic carbocycles. The van der Waals surface area contributed by atoms with Gasteiger partial charge in [0.25, 0.3) is 0 Å². The first kappa shape index (κ1) is 20.1. The lowest BCUT2D eigenvalue weighted by Crippen LogP contribution is -2.19. The number of benzene rings is 1. The molecule has 0 atom stereocenters. The largest absolute Gasteiger partial charge is 0.493 e. The third kappa shape index (κ3) is 5.68. The van der Waals surface area contributed by atoms with Crippen LogP contribution in [0.5, 0.6) is 17.2 Å². The van der Waals surface area contributed by atoms with Crippen LogP contribution in [-0.4, -0.2) is 31.9 Å². The molecule has 1 saturated carbocycles. The van der Waals surface area contributed by atoms with Crippen LogP contribution in [0.15, 0.2) is 18.2 Å². The molecule has 144 valence electrons. The van der Waals surface area contributed by atoms with Crippen molar-refractivity contribution in [2.45, 2.75) is 59.0 Å². The third-order valence-electron chi connectivity index (χ3n) is 4.23. The van der Waals surface area contributed by atoms with Gasteiger partial charge in [-0.3, -0.25) is 0 Å². The summed E-state index contributed by atoms with van der Waals surface area (Å²) < 4.78 is 22.7. The van der Waals surface area contributed by atoms with E-state index in [4.69, 9.17) is 18.9 Å². The monoisotopic (exact) mass is 362 g/mol. The van der Waals surface area contributed by atoms with Crippen LogP contribution in [0, 0.1) is 0 Å². The second-order valence-electron chi connectivity index (χ2n) is 6.13. The summed E-state index contributed by atoms with van der Waals surface area (Å²) in [5, 5.41) is 0. The molecular weight excluding hydrogens is 332 g/mol. The molecule has 1 fully saturated rings. The first-order chi connectivity index (χ1) is 12.7. The SMILES string of the molecule is CCOc1ccc(OCC)c(OCC)c1C=CC(=O)OC1CCCCC1. The minimum Gasteiger partial charge on any atom is -0.493 e. The molecule has 2 rings (SSSR count). The Balaban J connectivity index is 2.22. The van der Waals surface area contributed by atoms with Crippen molar-refractivity contribution in [3.05, 3.63) is 23.8 Å². The molecular formula is C21H30O5. The van der Waals surface area contributed by atoms with Crippen molar-refractivity contribution >= 4 is 12.0 Å². The lowest BCUT2D eigenvalue weighted by Gasteiger charge is -2.21. The number of hydrogen-bond donors (Lipinski definition) is 0. The molecule has 0 unspecified atom stereocenters. The van der Waals surface area contributed by atoms with Gasteiger partial charge in [-0.1, -0.05) is 6.42 Å². The van der Waals surface area contributed by atoms with Gasteiger partial charge in [0.05, 0.1) is 25.4 Å². The minimum absolute atomic E-state index is 0.0355. The highest BCUT2D eigenvalue weighted by Gasteiger charge is 2.18. The number of hydrogen-bond acceptors (Lipinski definition) is 5. The Morgan fingerprint density at radius 3 is 2.23 bits per heavy atom. The predicted octanol–water partition coefficient (Wildman–Crippen LogP) is 4.77. The zero-order valence-corrected chi connectivity index (χ0v) is 16.1. The summed E-state index contributed by atoms with van der Waals surface area (Å²) in [6, 6.07) is 3.67. The minimum atomic E-state index is -0.330. The van der Waals surface area contributed by atoms with Crippen molar-refractivity contribution in [3.63, 3.8) is 0 Å². The zero-order chi connectivity index (χ0) is 18.8. The number of rotatable bonds is 9. The molecule has 0 spiro atoms. The maximum Gasteiger partial charge on any atom is 0.331 e. The molecule has 0 heterocycles. The first-order valence-electron chi connectivity index (χ1n) is 9.63. The molecule has 1 aliphatic carbocycles. The highest BCUT2D eigenvalue weighted by Crippen LogP contribution is 2.39. The highest BCUT2D eigenvalue weighted by atomic mass is 16.5. The molecule has 0 saturated heterocycles. The quantitative estimate of drug-likeness (QED) is 0.468. The summed E-state index contributed by atoms with van der Waals surface area (Å²) in [7, 11) is 0. The van der Waals surface area contributed by atoms with Crippen LogP contribution in [0.25, 0.3) is 6.08 Å². The number of carbonyl (C=O) groups excluding carboxylic acids is 1. The van der Waals surface area contributed by atoms with Crippen molar-refractivity contribution in [1.82, 2.24) is 0 Å². The molecule has 5 nitrogen and oxygen atoms in total. The Bertz CT molecular complexity index is 603. The lowest BCUT2D eigenvalue weighted by atomic mass is 9.98. The van der Waals surface area contributed by atoms with Crippen molar-refractivity contribution in [1.29, 1.82) is 0 Å². The van der Waals surface area contributed by atoms with E-state index >= 15 is 0 Å². The topological polar surface area (TPSA) is 54.0 Å². The van der Waals surface area contributed by atoms with Crippen LogP contribution in [-0.2, 0) is 9.53 Å². The fourth-order valence-corrected chi connectivity index (χ4v) is 3.10. The maximum absolute atomic E-state index is 12.2. The maximum atomic E-state index is 12.2. The molecule has 0 aliphatic heterocycles. The van der Waals surface area contributed by atoms with Gasteiger partial charge >= 0.3 is 5.97 Å². The number of esters is 1. The second-order valence-corrected chi connectivity index (χ2v) is 6.13. The van der Waals surface area contributed by atoms with E-state index < -0.39 is 0 Å².